The Kier molecular flexibility index (Phi) is 3.73. The second kappa shape index (κ2) is 6.06. The minimum absolute atomic E-state index is 0.0489. The zero-order chi connectivity index (χ0) is 17.4. The van der Waals surface area contributed by atoms with Crippen molar-refractivity contribution in [3.05, 3.63) is 65.0 Å². The Bertz CT molecular complexity index is 1120. The molecule has 8 heteroatoms. The molecule has 0 aliphatic carbocycles. The van der Waals surface area contributed by atoms with E-state index in [1.54, 1.807) is 4.68 Å². The van der Waals surface area contributed by atoms with Gasteiger partial charge in [-0.05, 0) is 24.3 Å². The van der Waals surface area contributed by atoms with Crippen molar-refractivity contribution < 1.29 is 9.50 Å². The Morgan fingerprint density at radius 2 is 1.96 bits per heavy atom. The van der Waals surface area contributed by atoms with Crippen LogP contribution in [0.5, 0.6) is 0 Å². The predicted molar refractivity (Wildman–Crippen MR) is 89.5 cm³/mol. The van der Waals surface area contributed by atoms with E-state index in [0.29, 0.717) is 5.39 Å². The Morgan fingerprint density at radius 3 is 2.84 bits per heavy atom. The molecule has 0 aliphatic heterocycles. The van der Waals surface area contributed by atoms with Crippen molar-refractivity contribution in [2.45, 2.75) is 19.2 Å². The molecule has 2 aromatic carbocycles. The van der Waals surface area contributed by atoms with Crippen LogP contribution in [0.25, 0.3) is 21.9 Å². The Hall–Kier alpha value is -3.13. The third kappa shape index (κ3) is 2.87. The smallest absolute Gasteiger partial charge is 0.261 e. The van der Waals surface area contributed by atoms with Gasteiger partial charge in [0.05, 0.1) is 41.9 Å². The molecular formula is C17H14FN5O2. The standard InChI is InChI=1S/C17H14FN5O2/c18-11-5-6-13-15(7-11)19-10-22(17(13)25)8-12(24)9-23-16-4-2-1-3-14(16)20-21-23/h1-7,10,12,24H,8-9H2. The lowest BCUT2D eigenvalue weighted by atomic mass is 10.2. The summed E-state index contributed by atoms with van der Waals surface area (Å²) in [7, 11) is 0. The lowest BCUT2D eigenvalue weighted by Crippen LogP contribution is -2.29. The van der Waals surface area contributed by atoms with E-state index in [9.17, 15) is 14.3 Å². The summed E-state index contributed by atoms with van der Waals surface area (Å²) in [5.41, 5.74) is 1.51. The highest BCUT2D eigenvalue weighted by atomic mass is 19.1. The van der Waals surface area contributed by atoms with Crippen LogP contribution in [-0.2, 0) is 13.1 Å². The molecule has 0 spiro atoms. The highest BCUT2D eigenvalue weighted by Crippen LogP contribution is 2.11. The summed E-state index contributed by atoms with van der Waals surface area (Å²) < 4.78 is 16.1. The van der Waals surface area contributed by atoms with Gasteiger partial charge in [-0.3, -0.25) is 9.36 Å². The minimum Gasteiger partial charge on any atom is -0.389 e. The largest absolute Gasteiger partial charge is 0.389 e. The first kappa shape index (κ1) is 15.4. The number of fused-ring (bicyclic) bond motifs is 2. The number of nitrogens with zero attached hydrogens (tertiary/aromatic N) is 5. The Labute approximate surface area is 141 Å². The molecule has 0 saturated carbocycles. The van der Waals surface area contributed by atoms with E-state index >= 15 is 0 Å². The number of aliphatic hydroxyl groups is 1. The van der Waals surface area contributed by atoms with Crippen LogP contribution >= 0.6 is 0 Å². The van der Waals surface area contributed by atoms with Crippen LogP contribution in [0, 0.1) is 5.82 Å². The van der Waals surface area contributed by atoms with Crippen molar-refractivity contribution >= 4 is 21.9 Å². The molecule has 4 aromatic rings. The van der Waals surface area contributed by atoms with Gasteiger partial charge in [0.25, 0.3) is 5.56 Å². The number of benzene rings is 2. The summed E-state index contributed by atoms with van der Waals surface area (Å²) in [5, 5.41) is 18.7. The highest BCUT2D eigenvalue weighted by molar-refractivity contribution is 5.77. The molecule has 1 N–H and O–H groups in total. The fourth-order valence-electron chi connectivity index (χ4n) is 2.80. The van der Waals surface area contributed by atoms with Gasteiger partial charge in [-0.2, -0.15) is 0 Å². The van der Waals surface area contributed by atoms with Gasteiger partial charge in [-0.15, -0.1) is 5.10 Å². The number of hydrogen-bond acceptors (Lipinski definition) is 5. The van der Waals surface area contributed by atoms with Crippen molar-refractivity contribution in [3.63, 3.8) is 0 Å². The van der Waals surface area contributed by atoms with Gasteiger partial charge in [-0.1, -0.05) is 17.3 Å². The second-order valence-corrected chi connectivity index (χ2v) is 5.78. The lowest BCUT2D eigenvalue weighted by Gasteiger charge is -2.13. The van der Waals surface area contributed by atoms with Gasteiger partial charge in [-0.25, -0.2) is 14.1 Å². The maximum absolute atomic E-state index is 13.2. The van der Waals surface area contributed by atoms with Crippen LogP contribution in [0.4, 0.5) is 4.39 Å². The summed E-state index contributed by atoms with van der Waals surface area (Å²) >= 11 is 0. The molecule has 0 bridgehead atoms. The van der Waals surface area contributed by atoms with Gasteiger partial charge in [0.1, 0.15) is 11.3 Å². The zero-order valence-electron chi connectivity index (χ0n) is 13.1. The average Bonchev–Trinajstić information content (AvgIpc) is 3.00. The van der Waals surface area contributed by atoms with E-state index in [1.165, 1.54) is 29.1 Å². The van der Waals surface area contributed by atoms with E-state index in [1.807, 2.05) is 24.3 Å². The van der Waals surface area contributed by atoms with Crippen LogP contribution in [0.1, 0.15) is 0 Å². The van der Waals surface area contributed by atoms with Gasteiger partial charge >= 0.3 is 0 Å². The second-order valence-electron chi connectivity index (χ2n) is 5.78. The molecular weight excluding hydrogens is 325 g/mol. The first-order valence-electron chi connectivity index (χ1n) is 7.73. The van der Waals surface area contributed by atoms with Gasteiger partial charge in [0.2, 0.25) is 0 Å². The topological polar surface area (TPSA) is 85.8 Å². The summed E-state index contributed by atoms with van der Waals surface area (Å²) in [6.07, 6.45) is 0.453. The number of halogens is 1. The fraction of sp³-hybridized carbons (Fsp3) is 0.176. The molecule has 0 amide bonds. The van der Waals surface area contributed by atoms with Crippen molar-refractivity contribution in [2.75, 3.05) is 0 Å². The average molecular weight is 339 g/mol. The normalized spacial score (nSPS) is 12.7. The molecule has 4 rings (SSSR count). The molecule has 7 nitrogen and oxygen atoms in total. The molecule has 1 unspecified atom stereocenters. The zero-order valence-corrected chi connectivity index (χ0v) is 13.1. The monoisotopic (exact) mass is 339 g/mol. The van der Waals surface area contributed by atoms with Crippen LogP contribution < -0.4 is 5.56 Å². The molecule has 2 heterocycles. The van der Waals surface area contributed by atoms with Crippen molar-refractivity contribution in [1.29, 1.82) is 0 Å². The molecule has 0 saturated heterocycles. The van der Waals surface area contributed by atoms with E-state index in [2.05, 4.69) is 15.3 Å². The van der Waals surface area contributed by atoms with Gasteiger partial charge in [0, 0.05) is 6.07 Å². The predicted octanol–water partition coefficient (Wildman–Crippen LogP) is 1.34. The van der Waals surface area contributed by atoms with Crippen molar-refractivity contribution in [1.82, 2.24) is 24.5 Å². The number of aliphatic hydroxyl groups excluding tert-OH is 1. The third-order valence-electron chi connectivity index (χ3n) is 4.00. The van der Waals surface area contributed by atoms with Crippen molar-refractivity contribution in [2.24, 2.45) is 0 Å². The summed E-state index contributed by atoms with van der Waals surface area (Å²) in [4.78, 5) is 16.5. The van der Waals surface area contributed by atoms with Crippen LogP contribution in [0.15, 0.2) is 53.6 Å². The number of rotatable bonds is 4. The molecule has 25 heavy (non-hydrogen) atoms. The minimum atomic E-state index is -0.859. The molecule has 126 valence electrons. The molecule has 0 fully saturated rings. The molecule has 0 radical (unpaired) electrons. The molecule has 2 aromatic heterocycles. The van der Waals surface area contributed by atoms with Crippen LogP contribution in [0.2, 0.25) is 0 Å². The fourth-order valence-corrected chi connectivity index (χ4v) is 2.80. The van der Waals surface area contributed by atoms with E-state index in [-0.39, 0.29) is 24.2 Å². The van der Waals surface area contributed by atoms with Crippen molar-refractivity contribution in [3.8, 4) is 0 Å². The summed E-state index contributed by atoms with van der Waals surface area (Å²) in [6, 6.07) is 11.2. The maximum atomic E-state index is 13.2. The van der Waals surface area contributed by atoms with Gasteiger partial charge in [0.15, 0.2) is 0 Å². The van der Waals surface area contributed by atoms with Crippen LogP contribution in [0.3, 0.4) is 0 Å². The highest BCUT2D eigenvalue weighted by Gasteiger charge is 2.13. The lowest BCUT2D eigenvalue weighted by molar-refractivity contribution is 0.129. The third-order valence-corrected chi connectivity index (χ3v) is 4.00. The van der Waals surface area contributed by atoms with E-state index in [4.69, 9.17) is 0 Å². The number of hydrogen-bond donors (Lipinski definition) is 1. The SMILES string of the molecule is O=c1c2ccc(F)cc2ncn1CC(O)Cn1nnc2ccccc21. The Balaban J connectivity index is 1.59. The number of para-hydroxylation sites is 1. The quantitative estimate of drug-likeness (QED) is 0.606. The molecule has 0 aliphatic rings. The number of aromatic nitrogens is 5. The van der Waals surface area contributed by atoms with Crippen LogP contribution in [-0.4, -0.2) is 35.8 Å². The van der Waals surface area contributed by atoms with E-state index in [0.717, 1.165) is 11.0 Å². The van der Waals surface area contributed by atoms with Gasteiger partial charge < -0.3 is 5.11 Å². The summed E-state index contributed by atoms with van der Waals surface area (Å²) in [6.45, 7) is 0.238. The Morgan fingerprint density at radius 1 is 1.12 bits per heavy atom. The summed E-state index contributed by atoms with van der Waals surface area (Å²) in [5.74, 6) is -0.449. The first-order chi connectivity index (χ1) is 12.1. The molecule has 1 atom stereocenters. The maximum Gasteiger partial charge on any atom is 0.261 e. The first-order valence-corrected chi connectivity index (χ1v) is 7.73. The van der Waals surface area contributed by atoms with E-state index < -0.39 is 11.9 Å².